The van der Waals surface area contributed by atoms with Crippen molar-refractivity contribution in [3.05, 3.63) is 53.4 Å². The van der Waals surface area contributed by atoms with Crippen molar-refractivity contribution in [2.24, 2.45) is 10.8 Å². The summed E-state index contributed by atoms with van der Waals surface area (Å²) in [5, 5.41) is 0. The topological polar surface area (TPSA) is 59.6 Å². The van der Waals surface area contributed by atoms with Crippen LogP contribution in [0.1, 0.15) is 27.2 Å². The van der Waals surface area contributed by atoms with E-state index in [9.17, 15) is 8.78 Å². The molecule has 0 bridgehead atoms. The summed E-state index contributed by atoms with van der Waals surface area (Å²) in [6.45, 7) is 5.84. The minimum absolute atomic E-state index is 0.189. The number of ether oxygens (including phenoxy) is 1. The van der Waals surface area contributed by atoms with Gasteiger partial charge in [-0.1, -0.05) is 26.0 Å². The highest BCUT2D eigenvalue weighted by Crippen LogP contribution is 2.22. The lowest BCUT2D eigenvalue weighted by atomic mass is 10.2. The molecule has 0 fully saturated rings. The van der Waals surface area contributed by atoms with Crippen molar-refractivity contribution in [1.82, 2.24) is 5.43 Å². The molecule has 3 N–H and O–H groups in total. The first-order valence-corrected chi connectivity index (χ1v) is 6.64. The Balaban J connectivity index is 0.00000106. The number of hydrazine groups is 1. The van der Waals surface area contributed by atoms with Crippen LogP contribution in [0.25, 0.3) is 0 Å². The Morgan fingerprint density at radius 3 is 2.43 bits per heavy atom. The smallest absolute Gasteiger partial charge is 0.200 e. The molecule has 1 heterocycles. The molecule has 0 aromatic heterocycles. The van der Waals surface area contributed by atoms with Crippen molar-refractivity contribution in [3.63, 3.8) is 0 Å². The number of hydrogen-bond acceptors (Lipinski definition) is 4. The van der Waals surface area contributed by atoms with Gasteiger partial charge >= 0.3 is 0 Å². The predicted molar refractivity (Wildman–Crippen MR) is 79.5 cm³/mol. The fraction of sp³-hybridized carbons (Fsp3) is 0.267. The zero-order chi connectivity index (χ0) is 15.8. The summed E-state index contributed by atoms with van der Waals surface area (Å²) < 4.78 is 32.1. The molecule has 0 aliphatic carbocycles. The Bertz CT molecular complexity index is 560. The van der Waals surface area contributed by atoms with E-state index < -0.39 is 17.4 Å². The van der Waals surface area contributed by atoms with E-state index in [1.807, 2.05) is 20.8 Å². The van der Waals surface area contributed by atoms with Gasteiger partial charge in [0.15, 0.2) is 23.3 Å². The van der Waals surface area contributed by atoms with E-state index in [-0.39, 0.29) is 5.90 Å². The van der Waals surface area contributed by atoms with Crippen LogP contribution >= 0.6 is 0 Å². The Morgan fingerprint density at radius 1 is 1.24 bits per heavy atom. The highest BCUT2D eigenvalue weighted by molar-refractivity contribution is 5.81. The van der Waals surface area contributed by atoms with Crippen molar-refractivity contribution in [3.8, 4) is 5.75 Å². The first-order valence-electron chi connectivity index (χ1n) is 6.64. The molecule has 1 aliphatic heterocycles. The third-order valence-corrected chi connectivity index (χ3v) is 2.64. The molecule has 1 aromatic rings. The lowest BCUT2D eigenvalue weighted by Crippen LogP contribution is -2.21. The van der Waals surface area contributed by atoms with Crippen molar-refractivity contribution in [1.29, 1.82) is 0 Å². The molecule has 6 heteroatoms. The number of aliphatic imine (C=N–C) groups is 1. The second-order valence-electron chi connectivity index (χ2n) is 3.95. The number of nitrogens with one attached hydrogen (secondary N) is 1. The van der Waals surface area contributed by atoms with E-state index in [4.69, 9.17) is 10.6 Å². The number of nitrogens with zero attached hydrogens (tertiary/aromatic N) is 1. The van der Waals surface area contributed by atoms with Crippen LogP contribution in [0.2, 0.25) is 0 Å². The molecule has 0 saturated carbocycles. The summed E-state index contributed by atoms with van der Waals surface area (Å²) in [6, 6.07) is 3.52. The lowest BCUT2D eigenvalue weighted by Gasteiger charge is -2.07. The number of allylic oxidation sites excluding steroid dienone is 1. The number of para-hydroxylation sites is 1. The van der Waals surface area contributed by atoms with Crippen LogP contribution in [0.5, 0.6) is 5.75 Å². The van der Waals surface area contributed by atoms with Crippen LogP contribution in [0.3, 0.4) is 0 Å². The third kappa shape index (κ3) is 4.39. The standard InChI is InChI=1S/C13H13F2N3O.C2H6/c1-8-5-6-12(17-7-11(8)18-16)19-13-9(14)3-2-4-10(13)15;1-2/h2-5,7,18H,6,16H2,1H3;1-2H3. The summed E-state index contributed by atoms with van der Waals surface area (Å²) in [5.41, 5.74) is 3.97. The molecule has 21 heavy (non-hydrogen) atoms. The first kappa shape index (κ1) is 16.8. The fourth-order valence-electron chi connectivity index (χ4n) is 1.56. The van der Waals surface area contributed by atoms with Gasteiger partial charge < -0.3 is 10.2 Å². The molecular formula is C15H19F2N3O. The van der Waals surface area contributed by atoms with Gasteiger partial charge in [-0.25, -0.2) is 13.8 Å². The van der Waals surface area contributed by atoms with Crippen LogP contribution in [0.15, 0.2) is 46.7 Å². The molecule has 0 amide bonds. The molecule has 2 rings (SSSR count). The highest BCUT2D eigenvalue weighted by atomic mass is 19.1. The summed E-state index contributed by atoms with van der Waals surface area (Å²) in [6.07, 6.45) is 3.57. The second-order valence-corrected chi connectivity index (χ2v) is 3.95. The Kier molecular flexibility index (Phi) is 6.55. The quantitative estimate of drug-likeness (QED) is 0.649. The van der Waals surface area contributed by atoms with E-state index in [1.165, 1.54) is 12.3 Å². The van der Waals surface area contributed by atoms with Crippen molar-refractivity contribution in [2.75, 3.05) is 0 Å². The maximum Gasteiger partial charge on any atom is 0.200 e. The number of benzene rings is 1. The van der Waals surface area contributed by atoms with Crippen LogP contribution in [0, 0.1) is 11.6 Å². The number of rotatable bonds is 2. The molecule has 1 aromatic carbocycles. The largest absolute Gasteiger partial charge is 0.436 e. The van der Waals surface area contributed by atoms with Crippen LogP contribution in [0.4, 0.5) is 8.78 Å². The number of nitrogens with two attached hydrogens (primary N) is 1. The van der Waals surface area contributed by atoms with Crippen molar-refractivity contribution >= 4 is 5.90 Å². The van der Waals surface area contributed by atoms with E-state index in [0.29, 0.717) is 12.1 Å². The summed E-state index contributed by atoms with van der Waals surface area (Å²) in [5.74, 6) is 3.52. The van der Waals surface area contributed by atoms with Crippen LogP contribution in [-0.2, 0) is 0 Å². The lowest BCUT2D eigenvalue weighted by molar-refractivity contribution is 0.442. The summed E-state index contributed by atoms with van der Waals surface area (Å²) in [4.78, 5) is 4.01. The molecule has 1 aliphatic rings. The minimum Gasteiger partial charge on any atom is -0.436 e. The van der Waals surface area contributed by atoms with Gasteiger partial charge in [-0.3, -0.25) is 5.84 Å². The van der Waals surface area contributed by atoms with Gasteiger partial charge in [0.05, 0.1) is 11.9 Å². The molecule has 0 radical (unpaired) electrons. The van der Waals surface area contributed by atoms with Crippen LogP contribution in [-0.4, -0.2) is 5.90 Å². The fourth-order valence-corrected chi connectivity index (χ4v) is 1.56. The average molecular weight is 295 g/mol. The molecular weight excluding hydrogens is 276 g/mol. The molecule has 0 atom stereocenters. The zero-order valence-corrected chi connectivity index (χ0v) is 12.3. The highest BCUT2D eigenvalue weighted by Gasteiger charge is 2.14. The minimum atomic E-state index is -0.770. The first-order chi connectivity index (χ1) is 10.1. The Labute approximate surface area is 123 Å². The molecule has 4 nitrogen and oxygen atoms in total. The molecule has 0 saturated heterocycles. The van der Waals surface area contributed by atoms with Gasteiger partial charge in [0, 0.05) is 6.42 Å². The molecule has 0 unspecified atom stereocenters. The Morgan fingerprint density at radius 2 is 1.86 bits per heavy atom. The van der Waals surface area contributed by atoms with Crippen molar-refractivity contribution < 1.29 is 13.5 Å². The maximum atomic E-state index is 13.4. The van der Waals surface area contributed by atoms with Gasteiger partial charge in [0.2, 0.25) is 0 Å². The Hall–Kier alpha value is -2.21. The van der Waals surface area contributed by atoms with E-state index in [1.54, 1.807) is 6.08 Å². The second kappa shape index (κ2) is 8.16. The molecule has 0 spiro atoms. The van der Waals surface area contributed by atoms with Gasteiger partial charge in [-0.05, 0) is 24.6 Å². The van der Waals surface area contributed by atoms with Gasteiger partial charge in [-0.2, -0.15) is 0 Å². The van der Waals surface area contributed by atoms with E-state index >= 15 is 0 Å². The number of halogens is 2. The maximum absolute atomic E-state index is 13.4. The number of hydrogen-bond donors (Lipinski definition) is 2. The average Bonchev–Trinajstić information content (AvgIpc) is 2.67. The SMILES string of the molecule is CC.CC1=CCC(Oc2c(F)cccc2F)=NC=C1NN. The monoisotopic (exact) mass is 295 g/mol. The van der Waals surface area contributed by atoms with Crippen molar-refractivity contribution in [2.45, 2.75) is 27.2 Å². The zero-order valence-electron chi connectivity index (χ0n) is 12.3. The third-order valence-electron chi connectivity index (χ3n) is 2.64. The molecule has 114 valence electrons. The van der Waals surface area contributed by atoms with E-state index in [0.717, 1.165) is 17.7 Å². The van der Waals surface area contributed by atoms with E-state index in [2.05, 4.69) is 10.4 Å². The van der Waals surface area contributed by atoms with Gasteiger partial charge in [0.25, 0.3) is 0 Å². The summed E-state index contributed by atoms with van der Waals surface area (Å²) in [7, 11) is 0. The summed E-state index contributed by atoms with van der Waals surface area (Å²) >= 11 is 0. The van der Waals surface area contributed by atoms with Gasteiger partial charge in [-0.15, -0.1) is 0 Å². The predicted octanol–water partition coefficient (Wildman–Crippen LogP) is 3.42. The normalized spacial score (nSPS) is 13.9. The van der Waals surface area contributed by atoms with Gasteiger partial charge in [0.1, 0.15) is 0 Å². The van der Waals surface area contributed by atoms with Crippen LogP contribution < -0.4 is 16.0 Å².